The molecular formula is C46H31N. The summed E-state index contributed by atoms with van der Waals surface area (Å²) in [5.41, 5.74) is 8.19. The zero-order chi connectivity index (χ0) is 31.2. The van der Waals surface area contributed by atoms with Crippen molar-refractivity contribution < 1.29 is 0 Å². The average molecular weight is 598 g/mol. The van der Waals surface area contributed by atoms with Crippen LogP contribution in [0.4, 0.5) is 17.1 Å². The van der Waals surface area contributed by atoms with E-state index in [0.29, 0.717) is 0 Å². The van der Waals surface area contributed by atoms with Gasteiger partial charge in [-0.2, -0.15) is 0 Å². The molecule has 0 unspecified atom stereocenters. The molecule has 1 nitrogen and oxygen atoms in total. The number of fused-ring (bicyclic) bond motifs is 6. The monoisotopic (exact) mass is 597 g/mol. The van der Waals surface area contributed by atoms with Crippen molar-refractivity contribution in [2.24, 2.45) is 0 Å². The molecule has 1 heteroatoms. The van der Waals surface area contributed by atoms with Gasteiger partial charge in [-0.1, -0.05) is 152 Å². The second-order valence-corrected chi connectivity index (χ2v) is 12.2. The third-order valence-corrected chi connectivity index (χ3v) is 9.41. The van der Waals surface area contributed by atoms with Crippen molar-refractivity contribution in [2.45, 2.75) is 0 Å². The maximum absolute atomic E-state index is 2.42. The van der Waals surface area contributed by atoms with Gasteiger partial charge in [-0.3, -0.25) is 0 Å². The van der Waals surface area contributed by atoms with Gasteiger partial charge in [0.05, 0.1) is 0 Å². The molecule has 0 bridgehead atoms. The standard InChI is InChI=1S/C46H31N/c1-3-11-32(12-4-1)43-28-27-40(31-44(43)33-13-5-2-6-14-33)47(38-25-23-36-21-19-34-15-7-9-17-41(34)45(36)29-38)39-26-24-37-22-20-35-16-8-10-18-42(35)46(37)30-39/h1-31H. The predicted molar refractivity (Wildman–Crippen MR) is 202 cm³/mol. The van der Waals surface area contributed by atoms with E-state index in [1.807, 2.05) is 0 Å². The highest BCUT2D eigenvalue weighted by Gasteiger charge is 2.18. The van der Waals surface area contributed by atoms with E-state index in [1.54, 1.807) is 0 Å². The van der Waals surface area contributed by atoms with Gasteiger partial charge in [0, 0.05) is 17.1 Å². The van der Waals surface area contributed by atoms with Crippen LogP contribution in [0.2, 0.25) is 0 Å². The minimum atomic E-state index is 1.11. The Morgan fingerprint density at radius 2 is 0.638 bits per heavy atom. The van der Waals surface area contributed by atoms with Gasteiger partial charge >= 0.3 is 0 Å². The predicted octanol–water partition coefficient (Wildman–Crippen LogP) is 13.1. The van der Waals surface area contributed by atoms with Crippen LogP contribution in [0.3, 0.4) is 0 Å². The summed E-state index contributed by atoms with van der Waals surface area (Å²) in [6.07, 6.45) is 0. The highest BCUT2D eigenvalue weighted by atomic mass is 15.1. The highest BCUT2D eigenvalue weighted by Crippen LogP contribution is 2.43. The van der Waals surface area contributed by atoms with E-state index in [2.05, 4.69) is 193 Å². The average Bonchev–Trinajstić information content (AvgIpc) is 3.15. The van der Waals surface area contributed by atoms with Crippen LogP contribution >= 0.6 is 0 Å². The lowest BCUT2D eigenvalue weighted by atomic mass is 9.93. The quantitative estimate of drug-likeness (QED) is 0.178. The van der Waals surface area contributed by atoms with E-state index < -0.39 is 0 Å². The maximum Gasteiger partial charge on any atom is 0.0468 e. The maximum atomic E-state index is 2.42. The van der Waals surface area contributed by atoms with Crippen LogP contribution in [-0.2, 0) is 0 Å². The Balaban J connectivity index is 1.32. The molecule has 220 valence electrons. The van der Waals surface area contributed by atoms with Crippen LogP contribution in [-0.4, -0.2) is 0 Å². The molecule has 0 saturated heterocycles. The second-order valence-electron chi connectivity index (χ2n) is 12.2. The fraction of sp³-hybridized carbons (Fsp3) is 0. The number of hydrogen-bond acceptors (Lipinski definition) is 1. The van der Waals surface area contributed by atoms with Crippen LogP contribution in [0, 0.1) is 0 Å². The Kier molecular flexibility index (Phi) is 6.54. The SMILES string of the molecule is c1ccc(-c2ccc(N(c3ccc4ccc5ccccc5c4c3)c3ccc4ccc5ccccc5c4c3)cc2-c2ccccc2)cc1. The van der Waals surface area contributed by atoms with E-state index in [0.717, 1.165) is 17.1 Å². The summed E-state index contributed by atoms with van der Waals surface area (Å²) in [7, 11) is 0. The Morgan fingerprint density at radius 3 is 1.17 bits per heavy atom. The number of anilines is 3. The lowest BCUT2D eigenvalue weighted by molar-refractivity contribution is 1.30. The van der Waals surface area contributed by atoms with E-state index in [4.69, 9.17) is 0 Å². The van der Waals surface area contributed by atoms with E-state index in [1.165, 1.54) is 65.3 Å². The van der Waals surface area contributed by atoms with Gasteiger partial charge in [0.2, 0.25) is 0 Å². The molecule has 0 heterocycles. The largest absolute Gasteiger partial charge is 0.310 e. The summed E-state index contributed by atoms with van der Waals surface area (Å²) >= 11 is 0. The van der Waals surface area contributed by atoms with Gasteiger partial charge in [-0.15, -0.1) is 0 Å². The molecule has 0 fully saturated rings. The van der Waals surface area contributed by atoms with Gasteiger partial charge in [-0.25, -0.2) is 0 Å². The Bertz CT molecular complexity index is 2450. The van der Waals surface area contributed by atoms with Crippen molar-refractivity contribution in [1.82, 2.24) is 0 Å². The molecule has 0 aromatic heterocycles. The Labute approximate surface area is 274 Å². The van der Waals surface area contributed by atoms with Crippen molar-refractivity contribution in [1.29, 1.82) is 0 Å². The summed E-state index contributed by atoms with van der Waals surface area (Å²) in [5.74, 6) is 0. The molecule has 0 amide bonds. The van der Waals surface area contributed by atoms with E-state index in [-0.39, 0.29) is 0 Å². The zero-order valence-corrected chi connectivity index (χ0v) is 25.8. The molecule has 9 aromatic rings. The molecule has 9 aromatic carbocycles. The minimum Gasteiger partial charge on any atom is -0.310 e. The lowest BCUT2D eigenvalue weighted by Crippen LogP contribution is -2.10. The minimum absolute atomic E-state index is 1.11. The smallest absolute Gasteiger partial charge is 0.0468 e. The van der Waals surface area contributed by atoms with E-state index >= 15 is 0 Å². The first-order valence-corrected chi connectivity index (χ1v) is 16.2. The highest BCUT2D eigenvalue weighted by molar-refractivity contribution is 6.11. The number of hydrogen-bond donors (Lipinski definition) is 0. The van der Waals surface area contributed by atoms with Gasteiger partial charge in [-0.05, 0) is 102 Å². The number of rotatable bonds is 5. The van der Waals surface area contributed by atoms with Gasteiger partial charge in [0.15, 0.2) is 0 Å². The molecule has 0 aliphatic rings. The number of benzene rings is 9. The molecule has 0 saturated carbocycles. The normalized spacial score (nSPS) is 11.4. The number of nitrogens with zero attached hydrogens (tertiary/aromatic N) is 1. The Hall–Kier alpha value is -6.18. The van der Waals surface area contributed by atoms with Gasteiger partial charge in [0.25, 0.3) is 0 Å². The molecule has 0 radical (unpaired) electrons. The summed E-state index contributed by atoms with van der Waals surface area (Å²) in [5, 5.41) is 10.0. The molecule has 0 aliphatic carbocycles. The molecule has 0 aliphatic heterocycles. The molecule has 9 rings (SSSR count). The van der Waals surface area contributed by atoms with Crippen LogP contribution in [0.25, 0.3) is 65.3 Å². The third-order valence-electron chi connectivity index (χ3n) is 9.41. The fourth-order valence-electron chi connectivity index (χ4n) is 7.10. The summed E-state index contributed by atoms with van der Waals surface area (Å²) in [6, 6.07) is 68.4. The first-order chi connectivity index (χ1) is 23.3. The fourth-order valence-corrected chi connectivity index (χ4v) is 7.10. The van der Waals surface area contributed by atoms with Gasteiger partial charge in [0.1, 0.15) is 0 Å². The molecule has 0 atom stereocenters. The van der Waals surface area contributed by atoms with Crippen molar-refractivity contribution in [3.8, 4) is 22.3 Å². The molecule has 0 spiro atoms. The Morgan fingerprint density at radius 1 is 0.255 bits per heavy atom. The first kappa shape index (κ1) is 27.2. The van der Waals surface area contributed by atoms with Crippen LogP contribution in [0.1, 0.15) is 0 Å². The molecule has 0 N–H and O–H groups in total. The lowest BCUT2D eigenvalue weighted by Gasteiger charge is -2.28. The zero-order valence-electron chi connectivity index (χ0n) is 25.8. The summed E-state index contributed by atoms with van der Waals surface area (Å²) < 4.78 is 0. The van der Waals surface area contributed by atoms with E-state index in [9.17, 15) is 0 Å². The third kappa shape index (κ3) is 4.81. The van der Waals surface area contributed by atoms with Crippen molar-refractivity contribution in [2.75, 3.05) is 4.90 Å². The summed E-state index contributed by atoms with van der Waals surface area (Å²) in [4.78, 5) is 2.42. The van der Waals surface area contributed by atoms with Crippen LogP contribution < -0.4 is 4.90 Å². The van der Waals surface area contributed by atoms with Crippen molar-refractivity contribution >= 4 is 60.2 Å². The van der Waals surface area contributed by atoms with Crippen LogP contribution in [0.15, 0.2) is 188 Å². The van der Waals surface area contributed by atoms with Crippen molar-refractivity contribution in [3.05, 3.63) is 188 Å². The molecule has 47 heavy (non-hydrogen) atoms. The van der Waals surface area contributed by atoms with Crippen molar-refractivity contribution in [3.63, 3.8) is 0 Å². The molecular weight excluding hydrogens is 567 g/mol. The summed E-state index contributed by atoms with van der Waals surface area (Å²) in [6.45, 7) is 0. The van der Waals surface area contributed by atoms with Gasteiger partial charge < -0.3 is 4.90 Å². The first-order valence-electron chi connectivity index (χ1n) is 16.2. The second kappa shape index (κ2) is 11.3. The topological polar surface area (TPSA) is 3.24 Å². The van der Waals surface area contributed by atoms with Crippen LogP contribution in [0.5, 0.6) is 0 Å².